The monoisotopic (exact) mass is 234 g/mol. The first-order chi connectivity index (χ1) is 8.16. The van der Waals surface area contributed by atoms with Crippen molar-refractivity contribution in [3.63, 3.8) is 0 Å². The Morgan fingerprint density at radius 2 is 2.06 bits per heavy atom. The van der Waals surface area contributed by atoms with E-state index in [2.05, 4.69) is 15.7 Å². The molecule has 0 aliphatic rings. The second-order valence-corrected chi connectivity index (χ2v) is 3.40. The molecule has 1 aromatic heterocycles. The molecule has 1 heterocycles. The molecule has 0 radical (unpaired) electrons. The molecule has 0 fully saturated rings. The topological polar surface area (TPSA) is 59.0 Å². The van der Waals surface area contributed by atoms with E-state index >= 15 is 0 Å². The van der Waals surface area contributed by atoms with Crippen molar-refractivity contribution in [1.82, 2.24) is 9.78 Å². The van der Waals surface area contributed by atoms with E-state index < -0.39 is 11.8 Å². The van der Waals surface area contributed by atoms with Gasteiger partial charge >= 0.3 is 6.03 Å². The van der Waals surface area contributed by atoms with E-state index in [9.17, 15) is 9.18 Å². The Hall–Kier alpha value is -2.37. The van der Waals surface area contributed by atoms with Crippen molar-refractivity contribution in [2.75, 3.05) is 10.6 Å². The van der Waals surface area contributed by atoms with E-state index in [1.807, 2.05) is 0 Å². The maximum Gasteiger partial charge on any atom is 0.324 e. The van der Waals surface area contributed by atoms with Crippen molar-refractivity contribution in [2.45, 2.75) is 0 Å². The smallest absolute Gasteiger partial charge is 0.305 e. The van der Waals surface area contributed by atoms with Gasteiger partial charge in [-0.25, -0.2) is 9.18 Å². The maximum atomic E-state index is 13.2. The van der Waals surface area contributed by atoms with Crippen LogP contribution in [-0.4, -0.2) is 15.8 Å². The molecule has 0 aliphatic heterocycles. The van der Waals surface area contributed by atoms with Crippen LogP contribution in [0, 0.1) is 5.82 Å². The zero-order chi connectivity index (χ0) is 12.3. The number of aryl methyl sites for hydroxylation is 1. The van der Waals surface area contributed by atoms with Crippen molar-refractivity contribution in [3.8, 4) is 0 Å². The number of hydrogen-bond donors (Lipinski definition) is 2. The third-order valence-electron chi connectivity index (χ3n) is 2.18. The number of para-hydroxylation sites is 1. The summed E-state index contributed by atoms with van der Waals surface area (Å²) in [5, 5.41) is 8.85. The number of anilines is 2. The fourth-order valence-electron chi connectivity index (χ4n) is 1.33. The van der Waals surface area contributed by atoms with Crippen LogP contribution in [0.4, 0.5) is 20.7 Å². The summed E-state index contributed by atoms with van der Waals surface area (Å²) in [7, 11) is 1.69. The van der Waals surface area contributed by atoms with Gasteiger partial charge in [0.25, 0.3) is 0 Å². The van der Waals surface area contributed by atoms with E-state index in [1.54, 1.807) is 31.4 Å². The van der Waals surface area contributed by atoms with Crippen molar-refractivity contribution < 1.29 is 9.18 Å². The highest BCUT2D eigenvalue weighted by Gasteiger charge is 2.07. The van der Waals surface area contributed by atoms with Gasteiger partial charge in [0.05, 0.1) is 11.9 Å². The molecule has 2 N–H and O–H groups in total. The Balaban J connectivity index is 2.03. The lowest BCUT2D eigenvalue weighted by molar-refractivity contribution is 0.262. The van der Waals surface area contributed by atoms with Crippen molar-refractivity contribution >= 4 is 17.5 Å². The van der Waals surface area contributed by atoms with E-state index in [1.165, 1.54) is 16.8 Å². The molecule has 2 aromatic rings. The summed E-state index contributed by atoms with van der Waals surface area (Å²) in [6.07, 6.45) is 1.55. The second kappa shape index (κ2) is 4.65. The van der Waals surface area contributed by atoms with Gasteiger partial charge in [-0.2, -0.15) is 5.10 Å². The Kier molecular flexibility index (Phi) is 3.04. The number of carbonyl (C=O) groups excluding carboxylic acids is 1. The second-order valence-electron chi connectivity index (χ2n) is 3.40. The van der Waals surface area contributed by atoms with Gasteiger partial charge in [0.15, 0.2) is 0 Å². The highest BCUT2D eigenvalue weighted by Crippen LogP contribution is 2.13. The molecule has 0 saturated carbocycles. The molecule has 88 valence electrons. The lowest BCUT2D eigenvalue weighted by Gasteiger charge is -2.07. The number of rotatable bonds is 2. The minimum atomic E-state index is -0.515. The summed E-state index contributed by atoms with van der Waals surface area (Å²) in [6.45, 7) is 0. The number of hydrogen-bond acceptors (Lipinski definition) is 2. The SMILES string of the molecule is Cn1nccc1NC(=O)Nc1ccccc1F. The van der Waals surface area contributed by atoms with Gasteiger partial charge in [0.1, 0.15) is 11.6 Å². The number of urea groups is 1. The van der Waals surface area contributed by atoms with Crippen molar-refractivity contribution in [3.05, 3.63) is 42.3 Å². The zero-order valence-electron chi connectivity index (χ0n) is 9.14. The van der Waals surface area contributed by atoms with Gasteiger partial charge in [0.2, 0.25) is 0 Å². The molecule has 1 aromatic carbocycles. The molecule has 0 saturated heterocycles. The van der Waals surface area contributed by atoms with Crippen LogP contribution in [0.2, 0.25) is 0 Å². The average molecular weight is 234 g/mol. The number of halogens is 1. The van der Waals surface area contributed by atoms with Gasteiger partial charge in [0, 0.05) is 13.1 Å². The van der Waals surface area contributed by atoms with Crippen LogP contribution in [0.3, 0.4) is 0 Å². The molecule has 6 heteroatoms. The highest BCUT2D eigenvalue weighted by atomic mass is 19.1. The quantitative estimate of drug-likeness (QED) is 0.836. The lowest BCUT2D eigenvalue weighted by atomic mass is 10.3. The summed E-state index contributed by atoms with van der Waals surface area (Å²) in [5.41, 5.74) is 0.132. The first kappa shape index (κ1) is 11.1. The Labute approximate surface area is 97.3 Å². The Morgan fingerprint density at radius 1 is 1.29 bits per heavy atom. The van der Waals surface area contributed by atoms with Gasteiger partial charge in [-0.1, -0.05) is 12.1 Å². The van der Waals surface area contributed by atoms with E-state index in [0.717, 1.165) is 0 Å². The van der Waals surface area contributed by atoms with Gasteiger partial charge in [-0.3, -0.25) is 10.00 Å². The van der Waals surface area contributed by atoms with Gasteiger partial charge < -0.3 is 5.32 Å². The lowest BCUT2D eigenvalue weighted by Crippen LogP contribution is -2.21. The average Bonchev–Trinajstić information content (AvgIpc) is 2.68. The fraction of sp³-hybridized carbons (Fsp3) is 0.0909. The van der Waals surface area contributed by atoms with E-state index in [0.29, 0.717) is 5.82 Å². The van der Waals surface area contributed by atoms with Crippen LogP contribution in [-0.2, 0) is 7.05 Å². The molecule has 0 bridgehead atoms. The van der Waals surface area contributed by atoms with Crippen LogP contribution in [0.25, 0.3) is 0 Å². The number of amides is 2. The maximum absolute atomic E-state index is 13.2. The fourth-order valence-corrected chi connectivity index (χ4v) is 1.33. The molecule has 0 atom stereocenters. The Bertz CT molecular complexity index is 538. The third kappa shape index (κ3) is 2.60. The summed E-state index contributed by atoms with van der Waals surface area (Å²) in [5.74, 6) is 0.0477. The van der Waals surface area contributed by atoms with Crippen LogP contribution >= 0.6 is 0 Å². The van der Waals surface area contributed by atoms with E-state index in [-0.39, 0.29) is 5.69 Å². The first-order valence-corrected chi connectivity index (χ1v) is 4.97. The number of nitrogens with one attached hydrogen (secondary N) is 2. The summed E-state index contributed by atoms with van der Waals surface area (Å²) in [4.78, 5) is 11.6. The standard InChI is InChI=1S/C11H11FN4O/c1-16-10(6-7-13-16)15-11(17)14-9-5-3-2-4-8(9)12/h2-7H,1H3,(H2,14,15,17). The van der Waals surface area contributed by atoms with Crippen LogP contribution < -0.4 is 10.6 Å². The number of nitrogens with zero attached hydrogens (tertiary/aromatic N) is 2. The predicted molar refractivity (Wildman–Crippen MR) is 62.2 cm³/mol. The number of benzene rings is 1. The molecule has 0 unspecified atom stereocenters. The molecule has 5 nitrogen and oxygen atoms in total. The van der Waals surface area contributed by atoms with E-state index in [4.69, 9.17) is 0 Å². The van der Waals surface area contributed by atoms with Crippen molar-refractivity contribution in [2.24, 2.45) is 7.05 Å². The molecule has 0 spiro atoms. The third-order valence-corrected chi connectivity index (χ3v) is 2.18. The zero-order valence-corrected chi connectivity index (χ0v) is 9.14. The first-order valence-electron chi connectivity index (χ1n) is 4.97. The predicted octanol–water partition coefficient (Wildman–Crippen LogP) is 2.20. The molecule has 2 amide bonds. The molecular formula is C11H11FN4O. The van der Waals surface area contributed by atoms with Crippen LogP contribution in [0.5, 0.6) is 0 Å². The summed E-state index contributed by atoms with van der Waals surface area (Å²) < 4.78 is 14.7. The minimum Gasteiger partial charge on any atom is -0.305 e. The van der Waals surface area contributed by atoms with Gasteiger partial charge in [-0.05, 0) is 12.1 Å². The molecule has 17 heavy (non-hydrogen) atoms. The minimum absolute atomic E-state index is 0.132. The summed E-state index contributed by atoms with van der Waals surface area (Å²) >= 11 is 0. The van der Waals surface area contributed by atoms with Crippen LogP contribution in [0.15, 0.2) is 36.5 Å². The Morgan fingerprint density at radius 3 is 2.71 bits per heavy atom. The molecule has 2 rings (SSSR count). The number of aromatic nitrogens is 2. The van der Waals surface area contributed by atoms with Crippen LogP contribution in [0.1, 0.15) is 0 Å². The largest absolute Gasteiger partial charge is 0.324 e. The normalized spacial score (nSPS) is 10.0. The number of carbonyl (C=O) groups is 1. The van der Waals surface area contributed by atoms with Gasteiger partial charge in [-0.15, -0.1) is 0 Å². The van der Waals surface area contributed by atoms with Crippen molar-refractivity contribution in [1.29, 1.82) is 0 Å². The molecular weight excluding hydrogens is 223 g/mol. The molecule has 0 aliphatic carbocycles. The summed E-state index contributed by atoms with van der Waals surface area (Å²) in [6, 6.07) is 7.08. The highest BCUT2D eigenvalue weighted by molar-refractivity contribution is 5.99.